The average Bonchev–Trinajstić information content (AvgIpc) is 1.76. The van der Waals surface area contributed by atoms with Crippen molar-refractivity contribution in [2.24, 2.45) is 0 Å². The van der Waals surface area contributed by atoms with Gasteiger partial charge in [-0.3, -0.25) is 15.5 Å². The van der Waals surface area contributed by atoms with E-state index in [-0.39, 0.29) is 28.9 Å². The van der Waals surface area contributed by atoms with Gasteiger partial charge >= 0.3 is 0 Å². The first-order valence-electron chi connectivity index (χ1n) is 1.72. The SMILES string of the molecule is F.F.[C-]1=CC=CC1.[Rh]. The van der Waals surface area contributed by atoms with E-state index in [4.69, 9.17) is 0 Å². The maximum atomic E-state index is 2.99. The Morgan fingerprint density at radius 2 is 1.88 bits per heavy atom. The Balaban J connectivity index is -0.0000000833. The van der Waals surface area contributed by atoms with Gasteiger partial charge in [-0.25, -0.2) is 12.2 Å². The van der Waals surface area contributed by atoms with Crippen molar-refractivity contribution in [3.63, 3.8) is 0 Å². The van der Waals surface area contributed by atoms with Crippen LogP contribution in [0.15, 0.2) is 18.2 Å². The van der Waals surface area contributed by atoms with Crippen LogP contribution < -0.4 is 0 Å². The van der Waals surface area contributed by atoms with Crippen LogP contribution in [0.25, 0.3) is 0 Å². The second-order valence-electron chi connectivity index (χ2n) is 1.00. The molecule has 0 atom stereocenters. The zero-order valence-corrected chi connectivity index (χ0v) is 5.73. The largest absolute Gasteiger partial charge is 0.273 e. The van der Waals surface area contributed by atoms with Crippen LogP contribution >= 0.6 is 0 Å². The first-order chi connectivity index (χ1) is 2.50. The number of rotatable bonds is 0. The average molecular weight is 208 g/mol. The number of hydrogen-bond donors (Lipinski definition) is 0. The van der Waals surface area contributed by atoms with Gasteiger partial charge in [0, 0.05) is 19.5 Å². The van der Waals surface area contributed by atoms with E-state index in [2.05, 4.69) is 12.2 Å². The molecule has 1 rings (SSSR count). The van der Waals surface area contributed by atoms with Gasteiger partial charge in [-0.2, -0.15) is 6.08 Å². The Morgan fingerprint density at radius 3 is 2.00 bits per heavy atom. The van der Waals surface area contributed by atoms with E-state index in [0.29, 0.717) is 0 Å². The molecule has 1 aliphatic carbocycles. The van der Waals surface area contributed by atoms with Crippen LogP contribution in [0.3, 0.4) is 0 Å². The zero-order valence-electron chi connectivity index (χ0n) is 4.09. The summed E-state index contributed by atoms with van der Waals surface area (Å²) in [4.78, 5) is 0. The van der Waals surface area contributed by atoms with Gasteiger partial charge in [0.15, 0.2) is 0 Å². The van der Waals surface area contributed by atoms with E-state index in [9.17, 15) is 0 Å². The Labute approximate surface area is 60.2 Å². The Morgan fingerprint density at radius 1 is 1.25 bits per heavy atom. The molecular weight excluding hydrogens is 201 g/mol. The molecule has 0 amide bonds. The molecule has 0 nitrogen and oxygen atoms in total. The van der Waals surface area contributed by atoms with Gasteiger partial charge in [-0.05, 0) is 0 Å². The summed E-state index contributed by atoms with van der Waals surface area (Å²) in [5, 5.41) is 0. The molecule has 0 saturated carbocycles. The minimum absolute atomic E-state index is 0. The quantitative estimate of drug-likeness (QED) is 0.419. The molecule has 0 saturated heterocycles. The molecule has 8 heavy (non-hydrogen) atoms. The fourth-order valence-corrected chi connectivity index (χ4v) is 0.340. The molecule has 0 N–H and O–H groups in total. The third-order valence-electron chi connectivity index (χ3n) is 0.586. The molecule has 0 heterocycles. The van der Waals surface area contributed by atoms with Crippen molar-refractivity contribution >= 4 is 0 Å². The van der Waals surface area contributed by atoms with Gasteiger partial charge in [0.2, 0.25) is 0 Å². The fourth-order valence-electron chi connectivity index (χ4n) is 0.340. The van der Waals surface area contributed by atoms with Crippen LogP contribution in [0.4, 0.5) is 9.41 Å². The number of hydrogen-bond acceptors (Lipinski definition) is 0. The predicted octanol–water partition coefficient (Wildman–Crippen LogP) is 1.61. The summed E-state index contributed by atoms with van der Waals surface area (Å²) in [7, 11) is 0. The summed E-state index contributed by atoms with van der Waals surface area (Å²) in [6.07, 6.45) is 10.0. The maximum absolute atomic E-state index is 2.99. The number of halogens is 2. The van der Waals surface area contributed by atoms with Crippen LogP contribution in [0.5, 0.6) is 0 Å². The van der Waals surface area contributed by atoms with Crippen LogP contribution in [0.2, 0.25) is 0 Å². The van der Waals surface area contributed by atoms with Crippen molar-refractivity contribution < 1.29 is 28.9 Å². The molecule has 0 bridgehead atoms. The van der Waals surface area contributed by atoms with Gasteiger partial charge in [-0.1, -0.05) is 0 Å². The van der Waals surface area contributed by atoms with E-state index in [1.165, 1.54) is 0 Å². The van der Waals surface area contributed by atoms with Crippen molar-refractivity contribution in [3.05, 3.63) is 24.3 Å². The second kappa shape index (κ2) is 10.1. The molecule has 3 heteroatoms. The molecule has 0 fully saturated rings. The minimum atomic E-state index is 0. The fraction of sp³-hybridized carbons (Fsp3) is 0.200. The minimum Gasteiger partial charge on any atom is -0.273 e. The molecule has 0 aromatic carbocycles. The van der Waals surface area contributed by atoms with E-state index in [1.807, 2.05) is 12.2 Å². The Bertz CT molecular complexity index is 68.5. The second-order valence-corrected chi connectivity index (χ2v) is 1.00. The van der Waals surface area contributed by atoms with E-state index in [0.717, 1.165) is 6.42 Å². The van der Waals surface area contributed by atoms with Crippen LogP contribution in [0.1, 0.15) is 6.42 Å². The molecule has 0 spiro atoms. The van der Waals surface area contributed by atoms with Gasteiger partial charge in [-0.15, -0.1) is 6.42 Å². The summed E-state index contributed by atoms with van der Waals surface area (Å²) in [5.74, 6) is 0. The van der Waals surface area contributed by atoms with Gasteiger partial charge in [0.05, 0.1) is 0 Å². The number of allylic oxidation sites excluding steroid dienone is 4. The Kier molecular flexibility index (Phi) is 19.7. The topological polar surface area (TPSA) is 0 Å². The molecule has 51 valence electrons. The van der Waals surface area contributed by atoms with Gasteiger partial charge < -0.3 is 0 Å². The first-order valence-corrected chi connectivity index (χ1v) is 1.72. The zero-order chi connectivity index (χ0) is 3.54. The van der Waals surface area contributed by atoms with Crippen LogP contribution in [0, 0.1) is 6.08 Å². The van der Waals surface area contributed by atoms with Crippen LogP contribution in [-0.4, -0.2) is 0 Å². The molecule has 0 aromatic rings. The monoisotopic (exact) mass is 208 g/mol. The predicted molar refractivity (Wildman–Crippen MR) is 26.6 cm³/mol. The summed E-state index contributed by atoms with van der Waals surface area (Å²) in [6, 6.07) is 0. The first kappa shape index (κ1) is 15.7. The van der Waals surface area contributed by atoms with Crippen molar-refractivity contribution in [2.45, 2.75) is 6.42 Å². The van der Waals surface area contributed by atoms with E-state index in [1.54, 1.807) is 0 Å². The third kappa shape index (κ3) is 5.96. The summed E-state index contributed by atoms with van der Waals surface area (Å²) >= 11 is 0. The molecule has 1 radical (unpaired) electrons. The van der Waals surface area contributed by atoms with E-state index < -0.39 is 0 Å². The van der Waals surface area contributed by atoms with Crippen molar-refractivity contribution in [1.29, 1.82) is 0 Å². The summed E-state index contributed by atoms with van der Waals surface area (Å²) in [6.45, 7) is 0. The molecular formula is C5H7F2Rh-. The van der Waals surface area contributed by atoms with Crippen molar-refractivity contribution in [1.82, 2.24) is 0 Å². The molecule has 0 aliphatic heterocycles. The van der Waals surface area contributed by atoms with Gasteiger partial charge in [0.25, 0.3) is 0 Å². The van der Waals surface area contributed by atoms with Crippen molar-refractivity contribution in [2.75, 3.05) is 0 Å². The standard InChI is InChI=1S/C5H5.2FH.Rh/c1-2-4-5-3-1;;;/h1-3H,4H2;2*1H;/q-1;;;. The molecule has 0 unspecified atom stereocenters. The Hall–Kier alpha value is -0.0366. The van der Waals surface area contributed by atoms with Crippen molar-refractivity contribution in [3.8, 4) is 0 Å². The normalized spacial score (nSPS) is 11.0. The maximum Gasteiger partial charge on any atom is 0 e. The van der Waals surface area contributed by atoms with Crippen LogP contribution in [-0.2, 0) is 19.5 Å². The summed E-state index contributed by atoms with van der Waals surface area (Å²) in [5.41, 5.74) is 0. The van der Waals surface area contributed by atoms with E-state index >= 15 is 0 Å². The smallest absolute Gasteiger partial charge is 0 e. The molecule has 0 aromatic heterocycles. The summed E-state index contributed by atoms with van der Waals surface area (Å²) < 4.78 is 0. The van der Waals surface area contributed by atoms with Gasteiger partial charge in [0.1, 0.15) is 0 Å². The third-order valence-corrected chi connectivity index (χ3v) is 0.586. The molecule has 1 aliphatic rings.